The van der Waals surface area contributed by atoms with Crippen molar-refractivity contribution in [3.8, 4) is 11.5 Å². The minimum atomic E-state index is 0.166. The Hall–Kier alpha value is -1.75. The molecule has 23 heavy (non-hydrogen) atoms. The van der Waals surface area contributed by atoms with Gasteiger partial charge in [-0.15, -0.1) is 0 Å². The third-order valence-corrected chi connectivity index (χ3v) is 4.59. The van der Waals surface area contributed by atoms with E-state index in [4.69, 9.17) is 9.47 Å². The number of hydrogen-bond donors (Lipinski definition) is 0. The molecule has 0 aliphatic carbocycles. The largest absolute Gasteiger partial charge is 0.494 e. The van der Waals surface area contributed by atoms with Crippen LogP contribution in [0.25, 0.3) is 0 Å². The number of hydrogen-bond acceptors (Lipinski definition) is 4. The van der Waals surface area contributed by atoms with E-state index in [2.05, 4.69) is 24.0 Å². The highest BCUT2D eigenvalue weighted by Gasteiger charge is 2.24. The van der Waals surface area contributed by atoms with Gasteiger partial charge in [0.05, 0.1) is 6.61 Å². The lowest BCUT2D eigenvalue weighted by Gasteiger charge is -2.34. The smallest absolute Gasteiger partial charge is 0.219 e. The van der Waals surface area contributed by atoms with Crippen molar-refractivity contribution in [3.05, 3.63) is 23.3 Å². The Labute approximate surface area is 138 Å². The van der Waals surface area contributed by atoms with Crippen LogP contribution in [-0.2, 0) is 17.8 Å². The van der Waals surface area contributed by atoms with Crippen molar-refractivity contribution in [2.45, 2.75) is 39.8 Å². The lowest BCUT2D eigenvalue weighted by molar-refractivity contribution is -0.130. The van der Waals surface area contributed by atoms with Crippen molar-refractivity contribution in [3.63, 3.8) is 0 Å². The van der Waals surface area contributed by atoms with E-state index < -0.39 is 0 Å². The van der Waals surface area contributed by atoms with Gasteiger partial charge in [0.1, 0.15) is 17.6 Å². The zero-order valence-corrected chi connectivity index (χ0v) is 14.3. The van der Waals surface area contributed by atoms with E-state index in [1.807, 2.05) is 11.8 Å². The average Bonchev–Trinajstić information content (AvgIpc) is 2.87. The molecule has 2 aliphatic rings. The number of carbonyl (C=O) groups is 1. The molecule has 2 aliphatic heterocycles. The highest BCUT2D eigenvalue weighted by molar-refractivity contribution is 5.73. The summed E-state index contributed by atoms with van der Waals surface area (Å²) in [5.74, 6) is 2.14. The number of nitrogens with zero attached hydrogens (tertiary/aromatic N) is 2. The molecule has 0 unspecified atom stereocenters. The predicted octanol–water partition coefficient (Wildman–Crippen LogP) is 2.07. The lowest BCUT2D eigenvalue weighted by Crippen LogP contribution is -2.47. The van der Waals surface area contributed by atoms with Crippen molar-refractivity contribution in [1.82, 2.24) is 9.80 Å². The summed E-state index contributed by atoms with van der Waals surface area (Å²) in [6, 6.07) is 4.28. The third kappa shape index (κ3) is 3.61. The summed E-state index contributed by atoms with van der Waals surface area (Å²) in [4.78, 5) is 15.7. The van der Waals surface area contributed by atoms with Crippen LogP contribution in [0.2, 0.25) is 0 Å². The standard InChI is InChI=1S/C18H26N2O3/c1-4-22-17-10-15-9-13(2)23-18(15)11-16(17)12-19-5-7-20(8-6-19)14(3)21/h10-11,13H,4-9,12H2,1-3H3/t13-/m1/s1. The molecule has 0 radical (unpaired) electrons. The van der Waals surface area contributed by atoms with Crippen LogP contribution in [0.3, 0.4) is 0 Å². The molecule has 5 nitrogen and oxygen atoms in total. The molecular weight excluding hydrogens is 292 g/mol. The van der Waals surface area contributed by atoms with Gasteiger partial charge in [0.15, 0.2) is 0 Å². The quantitative estimate of drug-likeness (QED) is 0.852. The van der Waals surface area contributed by atoms with Crippen LogP contribution in [0.15, 0.2) is 12.1 Å². The Kier molecular flexibility index (Phi) is 4.76. The number of fused-ring (bicyclic) bond motifs is 1. The summed E-state index contributed by atoms with van der Waals surface area (Å²) < 4.78 is 11.7. The first-order chi connectivity index (χ1) is 11.1. The molecule has 1 aromatic rings. The van der Waals surface area contributed by atoms with Gasteiger partial charge in [-0.1, -0.05) is 0 Å². The van der Waals surface area contributed by atoms with Crippen molar-refractivity contribution in [2.24, 2.45) is 0 Å². The molecule has 0 bridgehead atoms. The SMILES string of the molecule is CCOc1cc2c(cc1CN1CCN(C(C)=O)CC1)O[C@H](C)C2. The molecule has 1 aromatic carbocycles. The maximum Gasteiger partial charge on any atom is 0.219 e. The highest BCUT2D eigenvalue weighted by atomic mass is 16.5. The second-order valence-corrected chi connectivity index (χ2v) is 6.42. The maximum absolute atomic E-state index is 11.4. The first-order valence-electron chi connectivity index (χ1n) is 8.50. The molecule has 1 amide bonds. The number of benzene rings is 1. The maximum atomic E-state index is 11.4. The zero-order valence-electron chi connectivity index (χ0n) is 14.3. The van der Waals surface area contributed by atoms with Gasteiger partial charge in [-0.3, -0.25) is 9.69 Å². The van der Waals surface area contributed by atoms with Gasteiger partial charge in [-0.25, -0.2) is 0 Å². The fourth-order valence-corrected chi connectivity index (χ4v) is 3.36. The Bertz CT molecular complexity index is 580. The van der Waals surface area contributed by atoms with Crippen molar-refractivity contribution in [2.75, 3.05) is 32.8 Å². The molecule has 0 N–H and O–H groups in total. The van der Waals surface area contributed by atoms with Gasteiger partial charge in [0, 0.05) is 57.2 Å². The number of ether oxygens (including phenoxy) is 2. The minimum absolute atomic E-state index is 0.166. The van der Waals surface area contributed by atoms with Crippen LogP contribution >= 0.6 is 0 Å². The monoisotopic (exact) mass is 318 g/mol. The Morgan fingerprint density at radius 2 is 2.04 bits per heavy atom. The van der Waals surface area contributed by atoms with Crippen LogP contribution in [0, 0.1) is 0 Å². The van der Waals surface area contributed by atoms with E-state index in [0.29, 0.717) is 6.61 Å². The van der Waals surface area contributed by atoms with Crippen LogP contribution in [0.5, 0.6) is 11.5 Å². The zero-order chi connectivity index (χ0) is 16.4. The molecule has 5 heteroatoms. The topological polar surface area (TPSA) is 42.0 Å². The van der Waals surface area contributed by atoms with Gasteiger partial charge >= 0.3 is 0 Å². The average molecular weight is 318 g/mol. The van der Waals surface area contributed by atoms with E-state index in [9.17, 15) is 4.79 Å². The Morgan fingerprint density at radius 1 is 1.30 bits per heavy atom. The Balaban J connectivity index is 1.72. The van der Waals surface area contributed by atoms with Crippen molar-refractivity contribution in [1.29, 1.82) is 0 Å². The molecule has 1 fully saturated rings. The molecular formula is C18H26N2O3. The second kappa shape index (κ2) is 6.79. The molecule has 0 aromatic heterocycles. The Morgan fingerprint density at radius 3 is 2.70 bits per heavy atom. The predicted molar refractivity (Wildman–Crippen MR) is 88.9 cm³/mol. The van der Waals surface area contributed by atoms with Crippen LogP contribution in [-0.4, -0.2) is 54.6 Å². The van der Waals surface area contributed by atoms with Gasteiger partial charge < -0.3 is 14.4 Å². The van der Waals surface area contributed by atoms with E-state index in [0.717, 1.165) is 50.6 Å². The first-order valence-corrected chi connectivity index (χ1v) is 8.50. The summed E-state index contributed by atoms with van der Waals surface area (Å²) in [5, 5.41) is 0. The summed E-state index contributed by atoms with van der Waals surface area (Å²) in [6.45, 7) is 10.7. The van der Waals surface area contributed by atoms with E-state index in [1.165, 1.54) is 11.1 Å². The molecule has 1 atom stereocenters. The molecule has 0 spiro atoms. The molecule has 2 heterocycles. The lowest BCUT2D eigenvalue weighted by atomic mass is 10.1. The fourth-order valence-electron chi connectivity index (χ4n) is 3.36. The van der Waals surface area contributed by atoms with Gasteiger partial charge in [0.2, 0.25) is 5.91 Å². The van der Waals surface area contributed by atoms with Gasteiger partial charge in [-0.05, 0) is 26.0 Å². The number of amides is 1. The molecule has 1 saturated heterocycles. The minimum Gasteiger partial charge on any atom is -0.494 e. The van der Waals surface area contributed by atoms with E-state index in [-0.39, 0.29) is 12.0 Å². The fraction of sp³-hybridized carbons (Fsp3) is 0.611. The molecule has 126 valence electrons. The highest BCUT2D eigenvalue weighted by Crippen LogP contribution is 2.35. The molecule has 3 rings (SSSR count). The van der Waals surface area contributed by atoms with Crippen LogP contribution < -0.4 is 9.47 Å². The number of rotatable bonds is 4. The summed E-state index contributed by atoms with van der Waals surface area (Å²) in [5.41, 5.74) is 2.42. The van der Waals surface area contributed by atoms with Gasteiger partial charge in [-0.2, -0.15) is 0 Å². The summed E-state index contributed by atoms with van der Waals surface area (Å²) >= 11 is 0. The van der Waals surface area contributed by atoms with Crippen molar-refractivity contribution < 1.29 is 14.3 Å². The number of carbonyl (C=O) groups excluding carboxylic acids is 1. The second-order valence-electron chi connectivity index (χ2n) is 6.42. The van der Waals surface area contributed by atoms with Crippen molar-refractivity contribution >= 4 is 5.91 Å². The number of piperazine rings is 1. The van der Waals surface area contributed by atoms with Crippen LogP contribution in [0.4, 0.5) is 0 Å². The summed E-state index contributed by atoms with van der Waals surface area (Å²) in [6.07, 6.45) is 1.20. The van der Waals surface area contributed by atoms with E-state index >= 15 is 0 Å². The van der Waals surface area contributed by atoms with E-state index in [1.54, 1.807) is 6.92 Å². The van der Waals surface area contributed by atoms with Crippen LogP contribution in [0.1, 0.15) is 31.9 Å². The normalized spacial score (nSPS) is 21.0. The third-order valence-electron chi connectivity index (χ3n) is 4.59. The molecule has 0 saturated carbocycles. The summed E-state index contributed by atoms with van der Waals surface area (Å²) in [7, 11) is 0. The van der Waals surface area contributed by atoms with Gasteiger partial charge in [0.25, 0.3) is 0 Å². The first kappa shape index (κ1) is 16.1.